The van der Waals surface area contributed by atoms with Crippen LogP contribution in [0.5, 0.6) is 0 Å². The lowest BCUT2D eigenvalue weighted by Gasteiger charge is -2.57. The second kappa shape index (κ2) is 17.7. The number of benzene rings is 9. The van der Waals surface area contributed by atoms with E-state index in [4.69, 9.17) is 0 Å². The van der Waals surface area contributed by atoms with Crippen LogP contribution in [0, 0.1) is 17.8 Å². The summed E-state index contributed by atoms with van der Waals surface area (Å²) < 4.78 is 0. The normalized spacial score (nSPS) is 20.8. The van der Waals surface area contributed by atoms with Gasteiger partial charge in [0.05, 0.1) is 5.69 Å². The van der Waals surface area contributed by atoms with Crippen LogP contribution >= 0.6 is 0 Å². The van der Waals surface area contributed by atoms with E-state index in [1.54, 1.807) is 5.56 Å². The Bertz CT molecular complexity index is 3460. The summed E-state index contributed by atoms with van der Waals surface area (Å²) in [7, 11) is 0. The van der Waals surface area contributed by atoms with Crippen LogP contribution < -0.4 is 9.80 Å². The van der Waals surface area contributed by atoms with Crippen molar-refractivity contribution in [1.82, 2.24) is 0 Å². The Morgan fingerprint density at radius 3 is 1.47 bits per heavy atom. The number of anilines is 6. The number of nitrogens with zero attached hydrogens (tertiary/aromatic N) is 2. The lowest BCUT2D eigenvalue weighted by atomic mass is 9.48. The molecular formula is C71H64N2. The number of rotatable bonds is 9. The van der Waals surface area contributed by atoms with Gasteiger partial charge in [-0.25, -0.2) is 0 Å². The smallest absolute Gasteiger partial charge is 0.0543 e. The minimum Gasteiger partial charge on any atom is -0.310 e. The van der Waals surface area contributed by atoms with Crippen LogP contribution in [0.2, 0.25) is 0 Å². The lowest BCUT2D eigenvalue weighted by molar-refractivity contribution is -0.00518. The third-order valence-corrected chi connectivity index (χ3v) is 18.2. The van der Waals surface area contributed by atoms with Gasteiger partial charge >= 0.3 is 0 Å². The Balaban J connectivity index is 0.878. The number of aryl methyl sites for hydroxylation is 4. The highest BCUT2D eigenvalue weighted by Crippen LogP contribution is 2.61. The fourth-order valence-electron chi connectivity index (χ4n) is 15.0. The van der Waals surface area contributed by atoms with Crippen molar-refractivity contribution in [1.29, 1.82) is 0 Å². The molecule has 0 saturated heterocycles. The van der Waals surface area contributed by atoms with Gasteiger partial charge in [0.15, 0.2) is 0 Å². The first-order valence-corrected chi connectivity index (χ1v) is 27.3. The molecule has 9 aliphatic carbocycles. The number of hydrogen-bond donors (Lipinski definition) is 0. The van der Waals surface area contributed by atoms with Gasteiger partial charge in [0, 0.05) is 39.4 Å². The average Bonchev–Trinajstić information content (AvgIpc) is 3.66. The Hall–Kier alpha value is -7.42. The molecule has 4 saturated carbocycles. The summed E-state index contributed by atoms with van der Waals surface area (Å²) in [6.07, 6.45) is 12.3. The van der Waals surface area contributed by atoms with E-state index in [1.807, 2.05) is 0 Å². The summed E-state index contributed by atoms with van der Waals surface area (Å²) in [5.41, 5.74) is 25.0. The largest absolute Gasteiger partial charge is 0.310 e. The monoisotopic (exact) mass is 945 g/mol. The summed E-state index contributed by atoms with van der Waals surface area (Å²) in [4.78, 5) is 5.17. The second-order valence-corrected chi connectivity index (χ2v) is 23.0. The van der Waals surface area contributed by atoms with Crippen LogP contribution in [0.1, 0.15) is 91.3 Å². The van der Waals surface area contributed by atoms with E-state index in [2.05, 4.69) is 236 Å². The highest BCUT2D eigenvalue weighted by molar-refractivity contribution is 5.95. The summed E-state index contributed by atoms with van der Waals surface area (Å²) in [5, 5.41) is 0. The van der Waals surface area contributed by atoms with Crippen molar-refractivity contribution in [3.05, 3.63) is 251 Å². The Kier molecular flexibility index (Phi) is 10.7. The highest BCUT2D eigenvalue weighted by atomic mass is 15.2. The first-order valence-electron chi connectivity index (χ1n) is 27.3. The third-order valence-electron chi connectivity index (χ3n) is 18.2. The molecule has 0 aromatic heterocycles. The van der Waals surface area contributed by atoms with Gasteiger partial charge in [0.25, 0.3) is 0 Å². The molecule has 0 aliphatic heterocycles. The van der Waals surface area contributed by atoms with Crippen molar-refractivity contribution in [3.63, 3.8) is 0 Å². The molecule has 358 valence electrons. The third kappa shape index (κ3) is 7.76. The van der Waals surface area contributed by atoms with Crippen LogP contribution in [-0.4, -0.2) is 0 Å². The zero-order valence-corrected chi connectivity index (χ0v) is 42.4. The minimum absolute atomic E-state index is 0.159. The predicted octanol–water partition coefficient (Wildman–Crippen LogP) is 18.6. The van der Waals surface area contributed by atoms with Crippen molar-refractivity contribution in [2.24, 2.45) is 17.8 Å². The van der Waals surface area contributed by atoms with Gasteiger partial charge in [-0.2, -0.15) is 0 Å². The van der Waals surface area contributed by atoms with Crippen molar-refractivity contribution in [2.45, 2.75) is 88.9 Å². The van der Waals surface area contributed by atoms with Crippen LogP contribution in [0.15, 0.2) is 212 Å². The van der Waals surface area contributed by atoms with E-state index in [9.17, 15) is 0 Å². The number of para-hydroxylation sites is 1. The number of fused-ring (bicyclic) bond motifs is 3. The molecule has 2 nitrogen and oxygen atoms in total. The predicted molar refractivity (Wildman–Crippen MR) is 305 cm³/mol. The Morgan fingerprint density at radius 1 is 0.356 bits per heavy atom. The fourth-order valence-corrected chi connectivity index (χ4v) is 15.0. The lowest BCUT2D eigenvalue weighted by Crippen LogP contribution is -2.48. The molecule has 2 heteroatoms. The van der Waals surface area contributed by atoms with Gasteiger partial charge in [-0.15, -0.1) is 0 Å². The topological polar surface area (TPSA) is 6.48 Å². The van der Waals surface area contributed by atoms with Crippen molar-refractivity contribution < 1.29 is 0 Å². The maximum Gasteiger partial charge on any atom is 0.0543 e. The molecule has 0 radical (unpaired) electrons. The minimum atomic E-state index is -0.159. The molecule has 9 aliphatic rings. The molecule has 0 N–H and O–H groups in total. The quantitative estimate of drug-likeness (QED) is 0.142. The Labute approximate surface area is 433 Å². The van der Waals surface area contributed by atoms with Crippen molar-refractivity contribution in [3.8, 4) is 33.4 Å². The zero-order valence-electron chi connectivity index (χ0n) is 42.4. The molecule has 0 amide bonds. The van der Waals surface area contributed by atoms with E-state index >= 15 is 0 Å². The number of hydrogen-bond acceptors (Lipinski definition) is 2. The maximum atomic E-state index is 2.61. The highest BCUT2D eigenvalue weighted by Gasteiger charge is 2.51. The van der Waals surface area contributed by atoms with Crippen LogP contribution in [0.4, 0.5) is 34.1 Å². The average molecular weight is 945 g/mol. The SMILES string of the molecule is CC1(C)c2ccccc2-c2cc(-c3ccccc3)c(N(c3ccc(-c4ccccc4)cc3)c3cc4ccc3CCc3ccc(c(N(c5ccccc5)c5ccc(C67CC8CC(CC(C8)C6)C7)cc5)c3)CC4)cc21. The van der Waals surface area contributed by atoms with E-state index < -0.39 is 0 Å². The molecule has 0 unspecified atom stereocenters. The molecule has 73 heavy (non-hydrogen) atoms. The summed E-state index contributed by atoms with van der Waals surface area (Å²) in [6.45, 7) is 4.81. The summed E-state index contributed by atoms with van der Waals surface area (Å²) in [5.74, 6) is 2.80. The van der Waals surface area contributed by atoms with E-state index in [1.165, 1.54) is 134 Å². The molecule has 18 rings (SSSR count). The van der Waals surface area contributed by atoms with Crippen molar-refractivity contribution in [2.75, 3.05) is 9.80 Å². The van der Waals surface area contributed by atoms with Crippen LogP contribution in [-0.2, 0) is 36.5 Å². The van der Waals surface area contributed by atoms with Gasteiger partial charge in [0.1, 0.15) is 0 Å². The molecule has 0 atom stereocenters. The fraction of sp³-hybridized carbons (Fsp3) is 0.239. The van der Waals surface area contributed by atoms with E-state index in [-0.39, 0.29) is 5.41 Å². The van der Waals surface area contributed by atoms with Gasteiger partial charge in [0.2, 0.25) is 0 Å². The Morgan fingerprint density at radius 2 is 0.849 bits per heavy atom. The molecule has 9 aromatic carbocycles. The van der Waals surface area contributed by atoms with Gasteiger partial charge in [-0.05, 0) is 215 Å². The van der Waals surface area contributed by atoms with Crippen LogP contribution in [0.3, 0.4) is 0 Å². The first-order chi connectivity index (χ1) is 35.8. The standard InChI is InChI=1S/C71H64N2/c1-70(2)65-21-13-12-20-62(65)64-43-63(55-16-8-4-9-17-55)69(44-66(64)70)73(61-34-30-54(31-35-61)53-14-6-3-7-15-53)68-42-49-23-27-56-26-22-48(24-28-57(68)29-25-49)41-67(56)72(59-18-10-5-11-19-59)60-36-32-58(33-37-60)71-45-50-38-51(46-71)40-52(39-50)47-71/h3-22,25-26,29-37,41-44,50-52H,23-24,27-28,38-40,45-47H2,1-2H3. The maximum absolute atomic E-state index is 2.61. The first kappa shape index (κ1) is 44.3. The van der Waals surface area contributed by atoms with Crippen molar-refractivity contribution >= 4 is 34.1 Å². The van der Waals surface area contributed by atoms with Gasteiger partial charge < -0.3 is 9.80 Å². The molecule has 8 bridgehead atoms. The molecule has 0 spiro atoms. The second-order valence-electron chi connectivity index (χ2n) is 23.0. The summed E-state index contributed by atoms with van der Waals surface area (Å²) >= 11 is 0. The van der Waals surface area contributed by atoms with Crippen LogP contribution in [0.25, 0.3) is 33.4 Å². The molecule has 4 fully saturated rings. The summed E-state index contributed by atoms with van der Waals surface area (Å²) in [6, 6.07) is 81.1. The molecule has 0 heterocycles. The van der Waals surface area contributed by atoms with Gasteiger partial charge in [-0.3, -0.25) is 0 Å². The molecule has 9 aromatic rings. The van der Waals surface area contributed by atoms with E-state index in [0.29, 0.717) is 5.41 Å². The van der Waals surface area contributed by atoms with E-state index in [0.717, 1.165) is 49.1 Å². The molecular weight excluding hydrogens is 881 g/mol. The zero-order chi connectivity index (χ0) is 48.7. The van der Waals surface area contributed by atoms with Gasteiger partial charge in [-0.1, -0.05) is 166 Å².